The number of hydrogen-bond acceptors (Lipinski definition) is 6. The number of anilines is 1. The van der Waals surface area contributed by atoms with Gasteiger partial charge in [0.25, 0.3) is 5.91 Å². The first-order chi connectivity index (χ1) is 13.5. The predicted molar refractivity (Wildman–Crippen MR) is 108 cm³/mol. The van der Waals surface area contributed by atoms with Crippen molar-refractivity contribution in [2.24, 2.45) is 0 Å². The van der Waals surface area contributed by atoms with Crippen LogP contribution in [0.25, 0.3) is 0 Å². The number of nitrogens with one attached hydrogen (secondary N) is 1. The van der Waals surface area contributed by atoms with E-state index in [1.165, 1.54) is 43.9 Å². The summed E-state index contributed by atoms with van der Waals surface area (Å²) < 4.78 is 0. The van der Waals surface area contributed by atoms with Crippen LogP contribution in [0.5, 0.6) is 0 Å². The van der Waals surface area contributed by atoms with Crippen LogP contribution in [0, 0.1) is 11.3 Å². The van der Waals surface area contributed by atoms with E-state index >= 15 is 0 Å². The molecule has 1 heterocycles. The Kier molecular flexibility index (Phi) is 8.43. The Morgan fingerprint density at radius 3 is 2.57 bits per heavy atom. The quantitative estimate of drug-likeness (QED) is 0.451. The van der Waals surface area contributed by atoms with Gasteiger partial charge < -0.3 is 10.4 Å². The van der Waals surface area contributed by atoms with Gasteiger partial charge in [-0.1, -0.05) is 32.6 Å². The molecule has 1 aromatic carbocycles. The third-order valence-electron chi connectivity index (χ3n) is 4.00. The highest BCUT2D eigenvalue weighted by atomic mass is 32.2. The van der Waals surface area contributed by atoms with Crippen molar-refractivity contribution in [2.45, 2.75) is 44.1 Å². The van der Waals surface area contributed by atoms with Crippen LogP contribution in [0.3, 0.4) is 0 Å². The maximum atomic E-state index is 12.3. The number of carboxylic acids is 1. The molecule has 0 fully saturated rings. The van der Waals surface area contributed by atoms with Gasteiger partial charge in [-0.3, -0.25) is 4.79 Å². The van der Waals surface area contributed by atoms with E-state index in [0.29, 0.717) is 0 Å². The van der Waals surface area contributed by atoms with Gasteiger partial charge in [0.15, 0.2) is 5.69 Å². The minimum Gasteiger partial charge on any atom is -0.478 e. The van der Waals surface area contributed by atoms with Crippen LogP contribution in [0.15, 0.2) is 35.4 Å². The monoisotopic (exact) mass is 398 g/mol. The number of rotatable bonds is 10. The van der Waals surface area contributed by atoms with E-state index in [1.54, 1.807) is 23.9 Å². The smallest absolute Gasteiger partial charge is 0.337 e. The lowest BCUT2D eigenvalue weighted by Crippen LogP contribution is -2.16. The van der Waals surface area contributed by atoms with Crippen LogP contribution in [-0.4, -0.2) is 32.9 Å². The van der Waals surface area contributed by atoms with Crippen LogP contribution in [0.1, 0.15) is 65.4 Å². The summed E-state index contributed by atoms with van der Waals surface area (Å²) in [7, 11) is 0. The summed E-state index contributed by atoms with van der Waals surface area (Å²) in [5.41, 5.74) is 0.235. The van der Waals surface area contributed by atoms with Gasteiger partial charge in [0.1, 0.15) is 5.03 Å². The standard InChI is InChI=1S/C20H22N4O3S/c1-2-3-4-5-6-11-28-18-10-9-17(23-24-18)19(25)22-16-8-7-14(13-21)12-15(16)20(26)27/h7-10,12H,2-6,11H2,1H3,(H,22,25)(H,26,27). The number of carboxylic acid groups (broad SMARTS) is 1. The highest BCUT2D eigenvalue weighted by Gasteiger charge is 2.15. The van der Waals surface area contributed by atoms with Crippen molar-refractivity contribution >= 4 is 29.3 Å². The minimum atomic E-state index is -1.23. The topological polar surface area (TPSA) is 116 Å². The molecule has 0 atom stereocenters. The van der Waals surface area contributed by atoms with Crippen molar-refractivity contribution in [1.82, 2.24) is 10.2 Å². The van der Waals surface area contributed by atoms with Crippen LogP contribution in [0.2, 0.25) is 0 Å². The second-order valence-corrected chi connectivity index (χ2v) is 7.27. The second kappa shape index (κ2) is 11.0. The number of carbonyl (C=O) groups is 2. The lowest BCUT2D eigenvalue weighted by molar-refractivity contribution is 0.0698. The Labute approximate surface area is 168 Å². The number of amides is 1. The van der Waals surface area contributed by atoms with Crippen molar-refractivity contribution in [3.05, 3.63) is 47.2 Å². The first-order valence-corrected chi connectivity index (χ1v) is 10.1. The van der Waals surface area contributed by atoms with Gasteiger partial charge in [-0.25, -0.2) is 4.79 Å². The molecule has 0 radical (unpaired) electrons. The fraction of sp³-hybridized carbons (Fsp3) is 0.350. The molecule has 2 aromatic rings. The Balaban J connectivity index is 1.95. The average Bonchev–Trinajstić information content (AvgIpc) is 2.71. The molecule has 1 aromatic heterocycles. The molecular weight excluding hydrogens is 376 g/mol. The molecule has 8 heteroatoms. The zero-order valence-electron chi connectivity index (χ0n) is 15.6. The molecule has 0 aliphatic carbocycles. The lowest BCUT2D eigenvalue weighted by Gasteiger charge is -2.08. The maximum absolute atomic E-state index is 12.3. The van der Waals surface area contributed by atoms with E-state index in [2.05, 4.69) is 22.4 Å². The van der Waals surface area contributed by atoms with Crippen LogP contribution in [-0.2, 0) is 0 Å². The molecule has 0 saturated carbocycles. The lowest BCUT2D eigenvalue weighted by atomic mass is 10.1. The first-order valence-electron chi connectivity index (χ1n) is 9.10. The Morgan fingerprint density at radius 1 is 1.14 bits per heavy atom. The molecule has 0 saturated heterocycles. The molecule has 0 spiro atoms. The van der Waals surface area contributed by atoms with Gasteiger partial charge in [-0.2, -0.15) is 5.26 Å². The molecule has 28 heavy (non-hydrogen) atoms. The van der Waals surface area contributed by atoms with Crippen LogP contribution in [0.4, 0.5) is 5.69 Å². The van der Waals surface area contributed by atoms with Crippen molar-refractivity contribution in [1.29, 1.82) is 5.26 Å². The van der Waals surface area contributed by atoms with Crippen molar-refractivity contribution in [2.75, 3.05) is 11.1 Å². The zero-order valence-corrected chi connectivity index (χ0v) is 16.5. The maximum Gasteiger partial charge on any atom is 0.337 e. The largest absolute Gasteiger partial charge is 0.478 e. The number of thioether (sulfide) groups is 1. The summed E-state index contributed by atoms with van der Waals surface area (Å²) in [5, 5.41) is 29.4. The molecular formula is C20H22N4O3S. The molecule has 0 bridgehead atoms. The molecule has 1 amide bonds. The number of hydrogen-bond donors (Lipinski definition) is 2. The highest BCUT2D eigenvalue weighted by Crippen LogP contribution is 2.20. The van der Waals surface area contributed by atoms with E-state index in [0.717, 1.165) is 17.2 Å². The van der Waals surface area contributed by atoms with Crippen LogP contribution < -0.4 is 5.32 Å². The average molecular weight is 398 g/mol. The summed E-state index contributed by atoms with van der Waals surface area (Å²) >= 11 is 1.60. The first kappa shape index (κ1) is 21.4. The van der Waals surface area contributed by atoms with Gasteiger partial charge in [-0.15, -0.1) is 22.0 Å². The van der Waals surface area contributed by atoms with Gasteiger partial charge >= 0.3 is 5.97 Å². The van der Waals surface area contributed by atoms with E-state index in [9.17, 15) is 14.7 Å². The molecule has 2 N–H and O–H groups in total. The highest BCUT2D eigenvalue weighted by molar-refractivity contribution is 7.99. The Bertz CT molecular complexity index is 863. The van der Waals surface area contributed by atoms with Gasteiger partial charge in [0.2, 0.25) is 0 Å². The van der Waals surface area contributed by atoms with Gasteiger partial charge in [0, 0.05) is 0 Å². The third-order valence-corrected chi connectivity index (χ3v) is 5.00. The zero-order chi connectivity index (χ0) is 20.4. The summed E-state index contributed by atoms with van der Waals surface area (Å²) in [6, 6.07) is 9.20. The van der Waals surface area contributed by atoms with Crippen molar-refractivity contribution in [3.63, 3.8) is 0 Å². The van der Waals surface area contributed by atoms with Gasteiger partial charge in [0.05, 0.1) is 22.9 Å². The predicted octanol–water partition coefficient (Wildman–Crippen LogP) is 4.36. The molecule has 7 nitrogen and oxygen atoms in total. The summed E-state index contributed by atoms with van der Waals surface area (Å²) in [6.07, 6.45) is 6.04. The number of carbonyl (C=O) groups excluding carboxylic acids is 1. The number of nitrogens with zero attached hydrogens (tertiary/aromatic N) is 3. The Morgan fingerprint density at radius 2 is 1.93 bits per heavy atom. The van der Waals surface area contributed by atoms with E-state index in [-0.39, 0.29) is 22.5 Å². The normalized spacial score (nSPS) is 10.3. The van der Waals surface area contributed by atoms with Crippen LogP contribution >= 0.6 is 11.8 Å². The summed E-state index contributed by atoms with van der Waals surface area (Å²) in [4.78, 5) is 23.7. The summed E-state index contributed by atoms with van der Waals surface area (Å²) in [5.74, 6) is -0.836. The molecule has 0 aliphatic rings. The fourth-order valence-electron chi connectivity index (χ4n) is 2.49. The van der Waals surface area contributed by atoms with Gasteiger partial charge in [-0.05, 0) is 42.5 Å². The summed E-state index contributed by atoms with van der Waals surface area (Å²) in [6.45, 7) is 2.19. The van der Waals surface area contributed by atoms with E-state index in [1.807, 2.05) is 6.07 Å². The van der Waals surface area contributed by atoms with E-state index in [4.69, 9.17) is 5.26 Å². The second-order valence-electron chi connectivity index (χ2n) is 6.15. The van der Waals surface area contributed by atoms with Crippen molar-refractivity contribution in [3.8, 4) is 6.07 Å². The fourth-order valence-corrected chi connectivity index (χ4v) is 3.31. The third kappa shape index (κ3) is 6.35. The molecule has 2 rings (SSSR count). The number of aromatic nitrogens is 2. The van der Waals surface area contributed by atoms with Crippen molar-refractivity contribution < 1.29 is 14.7 Å². The molecule has 0 unspecified atom stereocenters. The SMILES string of the molecule is CCCCCCCSc1ccc(C(=O)Nc2ccc(C#N)cc2C(=O)O)nn1. The number of aromatic carboxylic acids is 1. The number of unbranched alkanes of at least 4 members (excludes halogenated alkanes) is 4. The molecule has 0 aliphatic heterocycles. The minimum absolute atomic E-state index is 0.0907. The number of benzene rings is 1. The van der Waals surface area contributed by atoms with E-state index < -0.39 is 11.9 Å². The Hall–Kier alpha value is -2.92. The molecule has 146 valence electrons. The number of nitriles is 1.